The van der Waals surface area contributed by atoms with Gasteiger partial charge in [0.05, 0.1) is 5.69 Å². The number of thiophene rings is 1. The van der Waals surface area contributed by atoms with E-state index in [-0.39, 0.29) is 26.3 Å². The molecule has 0 bridgehead atoms. The van der Waals surface area contributed by atoms with Crippen molar-refractivity contribution in [3.05, 3.63) is 45.9 Å². The van der Waals surface area contributed by atoms with Crippen molar-refractivity contribution in [1.29, 1.82) is 0 Å². The molecule has 9 heteroatoms. The SMILES string of the molecule is NC(=O)c1sc2nc(C(F)(F)F)cc(-c3ccc(Cl)cc3)c2c1N. The highest BCUT2D eigenvalue weighted by Crippen LogP contribution is 2.42. The fourth-order valence-electron chi connectivity index (χ4n) is 2.31. The van der Waals surface area contributed by atoms with Gasteiger partial charge in [-0.2, -0.15) is 13.2 Å². The van der Waals surface area contributed by atoms with Crippen LogP contribution in [0, 0.1) is 0 Å². The van der Waals surface area contributed by atoms with Crippen LogP contribution in [0.3, 0.4) is 0 Å². The van der Waals surface area contributed by atoms with Crippen molar-refractivity contribution in [1.82, 2.24) is 4.98 Å². The maximum atomic E-state index is 13.1. The van der Waals surface area contributed by atoms with Gasteiger partial charge in [0.25, 0.3) is 5.91 Å². The molecule has 4 nitrogen and oxygen atoms in total. The van der Waals surface area contributed by atoms with Crippen molar-refractivity contribution < 1.29 is 18.0 Å². The molecule has 0 aliphatic heterocycles. The molecule has 0 saturated carbocycles. The zero-order valence-corrected chi connectivity index (χ0v) is 13.4. The number of fused-ring (bicyclic) bond motifs is 1. The van der Waals surface area contributed by atoms with Crippen LogP contribution in [0.15, 0.2) is 30.3 Å². The second kappa shape index (κ2) is 5.64. The molecule has 124 valence electrons. The van der Waals surface area contributed by atoms with E-state index < -0.39 is 17.8 Å². The van der Waals surface area contributed by atoms with E-state index in [9.17, 15) is 18.0 Å². The summed E-state index contributed by atoms with van der Waals surface area (Å²) < 4.78 is 39.4. The number of carbonyl (C=O) groups excluding carboxylic acids is 1. The molecule has 0 aliphatic rings. The summed E-state index contributed by atoms with van der Waals surface area (Å²) in [6, 6.07) is 7.14. The first-order chi connectivity index (χ1) is 11.2. The van der Waals surface area contributed by atoms with Crippen LogP contribution < -0.4 is 11.5 Å². The fourth-order valence-corrected chi connectivity index (χ4v) is 3.40. The Bertz CT molecular complexity index is 951. The van der Waals surface area contributed by atoms with Gasteiger partial charge in [-0.25, -0.2) is 4.98 Å². The largest absolute Gasteiger partial charge is 0.433 e. The summed E-state index contributed by atoms with van der Waals surface area (Å²) in [6.07, 6.45) is -4.64. The molecule has 2 aromatic heterocycles. The van der Waals surface area contributed by atoms with Crippen LogP contribution in [0.1, 0.15) is 15.4 Å². The monoisotopic (exact) mass is 371 g/mol. The maximum Gasteiger partial charge on any atom is 0.433 e. The number of pyridine rings is 1. The van der Waals surface area contributed by atoms with Crippen LogP contribution in [0.25, 0.3) is 21.3 Å². The van der Waals surface area contributed by atoms with Crippen LogP contribution in [-0.2, 0) is 6.18 Å². The standard InChI is InChI=1S/C15H9ClF3N3OS/c16-7-3-1-6(2-4-7)8-5-9(15(17,18)19)22-14-10(8)11(20)12(24-14)13(21)23/h1-5H,20H2,(H2,21,23). The highest BCUT2D eigenvalue weighted by Gasteiger charge is 2.34. The summed E-state index contributed by atoms with van der Waals surface area (Å²) in [5.74, 6) is -0.814. The second-order valence-corrected chi connectivity index (χ2v) is 6.38. The van der Waals surface area contributed by atoms with Crippen molar-refractivity contribution >= 4 is 44.7 Å². The van der Waals surface area contributed by atoms with Crippen molar-refractivity contribution in [3.63, 3.8) is 0 Å². The van der Waals surface area contributed by atoms with Gasteiger partial charge >= 0.3 is 6.18 Å². The molecule has 0 saturated heterocycles. The Balaban J connectivity index is 2.39. The van der Waals surface area contributed by atoms with Gasteiger partial charge in [0.1, 0.15) is 15.4 Å². The predicted molar refractivity (Wildman–Crippen MR) is 88.0 cm³/mol. The first-order valence-corrected chi connectivity index (χ1v) is 7.74. The molecular weight excluding hydrogens is 363 g/mol. The Morgan fingerprint density at radius 1 is 1.21 bits per heavy atom. The number of nitrogens with zero attached hydrogens (tertiary/aromatic N) is 1. The van der Waals surface area contributed by atoms with Gasteiger partial charge in [-0.05, 0) is 29.3 Å². The van der Waals surface area contributed by atoms with E-state index in [2.05, 4.69) is 4.98 Å². The molecule has 0 fully saturated rings. The third-order valence-electron chi connectivity index (χ3n) is 3.37. The number of nitrogen functional groups attached to an aromatic ring is 1. The lowest BCUT2D eigenvalue weighted by atomic mass is 10.0. The van der Waals surface area contributed by atoms with Crippen molar-refractivity contribution in [3.8, 4) is 11.1 Å². The van der Waals surface area contributed by atoms with Crippen LogP contribution in [0.2, 0.25) is 5.02 Å². The minimum atomic E-state index is -4.64. The van der Waals surface area contributed by atoms with E-state index in [1.165, 1.54) is 0 Å². The van der Waals surface area contributed by atoms with Gasteiger partial charge in [-0.1, -0.05) is 23.7 Å². The molecule has 0 atom stereocenters. The average molecular weight is 372 g/mol. The third-order valence-corrected chi connectivity index (χ3v) is 4.73. The number of amides is 1. The fraction of sp³-hybridized carbons (Fsp3) is 0.0667. The zero-order valence-electron chi connectivity index (χ0n) is 11.8. The van der Waals surface area contributed by atoms with Crippen LogP contribution >= 0.6 is 22.9 Å². The molecule has 1 amide bonds. The molecule has 3 aromatic rings. The van der Waals surface area contributed by atoms with Gasteiger partial charge in [-0.3, -0.25) is 4.79 Å². The molecule has 0 spiro atoms. The highest BCUT2D eigenvalue weighted by molar-refractivity contribution is 7.21. The number of carbonyl (C=O) groups is 1. The van der Waals surface area contributed by atoms with E-state index in [0.29, 0.717) is 10.6 Å². The van der Waals surface area contributed by atoms with Gasteiger partial charge in [0, 0.05) is 10.4 Å². The number of aromatic nitrogens is 1. The molecule has 4 N–H and O–H groups in total. The van der Waals surface area contributed by atoms with Crippen molar-refractivity contribution in [2.75, 3.05) is 5.73 Å². The van der Waals surface area contributed by atoms with Gasteiger partial charge in [-0.15, -0.1) is 11.3 Å². The summed E-state index contributed by atoms with van der Waals surface area (Å²) >= 11 is 6.56. The lowest BCUT2D eigenvalue weighted by Crippen LogP contribution is -2.10. The molecule has 0 radical (unpaired) electrons. The number of nitrogens with two attached hydrogens (primary N) is 2. The van der Waals surface area contributed by atoms with Gasteiger partial charge in [0.15, 0.2) is 0 Å². The summed E-state index contributed by atoms with van der Waals surface area (Å²) in [5, 5.41) is 0.709. The summed E-state index contributed by atoms with van der Waals surface area (Å²) in [6.45, 7) is 0. The van der Waals surface area contributed by atoms with Crippen LogP contribution in [0.4, 0.5) is 18.9 Å². The molecule has 3 rings (SSSR count). The van der Waals surface area contributed by atoms with Crippen molar-refractivity contribution in [2.45, 2.75) is 6.18 Å². The number of rotatable bonds is 2. The lowest BCUT2D eigenvalue weighted by Gasteiger charge is -2.10. The lowest BCUT2D eigenvalue weighted by molar-refractivity contribution is -0.140. The van der Waals surface area contributed by atoms with E-state index in [4.69, 9.17) is 23.1 Å². The Morgan fingerprint density at radius 2 is 1.83 bits per heavy atom. The Hall–Kier alpha value is -2.32. The first-order valence-electron chi connectivity index (χ1n) is 6.54. The van der Waals surface area contributed by atoms with Crippen molar-refractivity contribution in [2.24, 2.45) is 5.73 Å². The number of halogens is 4. The number of anilines is 1. The van der Waals surface area contributed by atoms with E-state index in [1.807, 2.05) is 0 Å². The van der Waals surface area contributed by atoms with Gasteiger partial charge in [0.2, 0.25) is 0 Å². The van der Waals surface area contributed by atoms with Gasteiger partial charge < -0.3 is 11.5 Å². The number of benzene rings is 1. The molecular formula is C15H9ClF3N3OS. The number of hydrogen-bond acceptors (Lipinski definition) is 4. The summed E-state index contributed by atoms with van der Waals surface area (Å²) in [4.78, 5) is 15.0. The molecule has 1 aromatic carbocycles. The first kappa shape index (κ1) is 16.5. The Kier molecular flexibility index (Phi) is 3.89. The minimum absolute atomic E-state index is 0.000995. The van der Waals surface area contributed by atoms with E-state index in [1.54, 1.807) is 24.3 Å². The molecule has 24 heavy (non-hydrogen) atoms. The number of hydrogen-bond donors (Lipinski definition) is 2. The topological polar surface area (TPSA) is 82.0 Å². The highest BCUT2D eigenvalue weighted by atomic mass is 35.5. The maximum absolute atomic E-state index is 13.1. The quantitative estimate of drug-likeness (QED) is 0.704. The normalized spacial score (nSPS) is 11.8. The summed E-state index contributed by atoms with van der Waals surface area (Å²) in [7, 11) is 0. The zero-order chi connectivity index (χ0) is 17.6. The Morgan fingerprint density at radius 3 is 2.38 bits per heavy atom. The van der Waals surface area contributed by atoms with Crippen LogP contribution in [0.5, 0.6) is 0 Å². The number of primary amides is 1. The van der Waals surface area contributed by atoms with E-state index in [0.717, 1.165) is 17.4 Å². The smallest absolute Gasteiger partial charge is 0.397 e. The molecule has 0 aliphatic carbocycles. The molecule has 2 heterocycles. The Labute approximate surface area is 142 Å². The second-order valence-electron chi connectivity index (χ2n) is 4.95. The minimum Gasteiger partial charge on any atom is -0.397 e. The molecule has 0 unspecified atom stereocenters. The number of alkyl halides is 3. The third kappa shape index (κ3) is 2.78. The predicted octanol–water partition coefficient (Wildman–Crippen LogP) is 4.32. The van der Waals surface area contributed by atoms with Crippen LogP contribution in [-0.4, -0.2) is 10.9 Å². The average Bonchev–Trinajstić information content (AvgIpc) is 2.84. The summed E-state index contributed by atoms with van der Waals surface area (Å²) in [5.41, 5.74) is 10.8. The van der Waals surface area contributed by atoms with E-state index >= 15 is 0 Å².